The Hall–Kier alpha value is -2.47. The number of imidazole rings is 2. The van der Waals surface area contributed by atoms with Gasteiger partial charge >= 0.3 is 0 Å². The Balaban J connectivity index is 2.00. The van der Waals surface area contributed by atoms with E-state index in [2.05, 4.69) is 24.9 Å². The molecule has 0 saturated carbocycles. The standard InChI is InChI=1S/C13H13N5O/c19-6-9-1-2-14-5-11(9)13-12(17-8-18-13)3-10-4-15-7-16-10/h1-2,4-5,7-8,19H,3,6H2,(H,15,16)(H,17,18). The topological polar surface area (TPSA) is 90.5 Å². The van der Waals surface area contributed by atoms with Gasteiger partial charge in [-0.25, -0.2) is 9.97 Å². The summed E-state index contributed by atoms with van der Waals surface area (Å²) in [7, 11) is 0. The third-order valence-electron chi connectivity index (χ3n) is 2.98. The molecule has 0 aliphatic carbocycles. The second kappa shape index (κ2) is 5.03. The van der Waals surface area contributed by atoms with Gasteiger partial charge in [-0.2, -0.15) is 0 Å². The first-order valence-electron chi connectivity index (χ1n) is 5.92. The van der Waals surface area contributed by atoms with Crippen LogP contribution >= 0.6 is 0 Å². The zero-order valence-corrected chi connectivity index (χ0v) is 10.2. The minimum Gasteiger partial charge on any atom is -0.392 e. The van der Waals surface area contributed by atoms with Crippen molar-refractivity contribution in [2.75, 3.05) is 0 Å². The molecule has 0 amide bonds. The van der Waals surface area contributed by atoms with Gasteiger partial charge in [-0.1, -0.05) is 0 Å². The van der Waals surface area contributed by atoms with Gasteiger partial charge in [0.25, 0.3) is 0 Å². The molecule has 6 heteroatoms. The van der Waals surface area contributed by atoms with Crippen LogP contribution in [0.2, 0.25) is 0 Å². The molecule has 0 aliphatic rings. The number of pyridine rings is 1. The van der Waals surface area contributed by atoms with Gasteiger partial charge in [0.15, 0.2) is 0 Å². The van der Waals surface area contributed by atoms with Gasteiger partial charge in [0.2, 0.25) is 0 Å². The molecule has 0 unspecified atom stereocenters. The minimum absolute atomic E-state index is 0.0335. The molecule has 0 radical (unpaired) electrons. The lowest BCUT2D eigenvalue weighted by molar-refractivity contribution is 0.282. The van der Waals surface area contributed by atoms with Crippen molar-refractivity contribution in [1.82, 2.24) is 24.9 Å². The number of H-pyrrole nitrogens is 2. The zero-order chi connectivity index (χ0) is 13.1. The monoisotopic (exact) mass is 255 g/mol. The second-order valence-corrected chi connectivity index (χ2v) is 4.17. The smallest absolute Gasteiger partial charge is 0.0935 e. The number of hydrogen-bond donors (Lipinski definition) is 3. The number of aliphatic hydroxyl groups is 1. The molecule has 0 atom stereocenters. The molecular formula is C13H13N5O. The van der Waals surface area contributed by atoms with Crippen molar-refractivity contribution in [1.29, 1.82) is 0 Å². The summed E-state index contributed by atoms with van der Waals surface area (Å²) >= 11 is 0. The largest absolute Gasteiger partial charge is 0.392 e. The average Bonchev–Trinajstić information content (AvgIpc) is 3.11. The highest BCUT2D eigenvalue weighted by Gasteiger charge is 2.13. The Bertz CT molecular complexity index is 659. The molecule has 0 spiro atoms. The van der Waals surface area contributed by atoms with E-state index < -0.39 is 0 Å². The van der Waals surface area contributed by atoms with Crippen molar-refractivity contribution in [3.05, 3.63) is 54.3 Å². The van der Waals surface area contributed by atoms with E-state index in [4.69, 9.17) is 0 Å². The minimum atomic E-state index is -0.0335. The normalized spacial score (nSPS) is 10.8. The van der Waals surface area contributed by atoms with E-state index in [0.717, 1.165) is 28.2 Å². The molecule has 6 nitrogen and oxygen atoms in total. The summed E-state index contributed by atoms with van der Waals surface area (Å²) in [5.74, 6) is 0. The van der Waals surface area contributed by atoms with Crippen LogP contribution in [0.15, 0.2) is 37.3 Å². The van der Waals surface area contributed by atoms with Gasteiger partial charge in [0.1, 0.15) is 0 Å². The first-order chi connectivity index (χ1) is 9.38. The predicted octanol–water partition coefficient (Wildman–Crippen LogP) is 1.28. The molecule has 3 rings (SSSR count). The van der Waals surface area contributed by atoms with Gasteiger partial charge in [-0.15, -0.1) is 0 Å². The molecule has 3 aromatic rings. The van der Waals surface area contributed by atoms with Gasteiger partial charge in [-0.3, -0.25) is 4.98 Å². The molecule has 0 saturated heterocycles. The van der Waals surface area contributed by atoms with Crippen molar-refractivity contribution in [3.63, 3.8) is 0 Å². The molecule has 0 aromatic carbocycles. The quantitative estimate of drug-likeness (QED) is 0.655. The van der Waals surface area contributed by atoms with E-state index >= 15 is 0 Å². The van der Waals surface area contributed by atoms with Crippen LogP contribution in [-0.2, 0) is 13.0 Å². The van der Waals surface area contributed by atoms with Gasteiger partial charge < -0.3 is 15.1 Å². The first kappa shape index (κ1) is 11.6. The highest BCUT2D eigenvalue weighted by molar-refractivity contribution is 5.65. The van der Waals surface area contributed by atoms with E-state index in [1.807, 2.05) is 0 Å². The average molecular weight is 255 g/mol. The van der Waals surface area contributed by atoms with Gasteiger partial charge in [-0.05, 0) is 11.6 Å². The fraction of sp³-hybridized carbons (Fsp3) is 0.154. The maximum Gasteiger partial charge on any atom is 0.0935 e. The molecule has 0 bridgehead atoms. The van der Waals surface area contributed by atoms with E-state index in [1.165, 1.54) is 0 Å². The van der Waals surface area contributed by atoms with Crippen LogP contribution in [0.3, 0.4) is 0 Å². The number of nitrogens with one attached hydrogen (secondary N) is 2. The summed E-state index contributed by atoms with van der Waals surface area (Å²) in [6.45, 7) is -0.0335. The summed E-state index contributed by atoms with van der Waals surface area (Å²) in [4.78, 5) is 18.6. The maximum atomic E-state index is 9.38. The van der Waals surface area contributed by atoms with Crippen molar-refractivity contribution >= 4 is 0 Å². The Morgan fingerprint density at radius 3 is 2.84 bits per heavy atom. The third kappa shape index (κ3) is 2.25. The number of aromatic amines is 2. The van der Waals surface area contributed by atoms with Crippen molar-refractivity contribution in [2.45, 2.75) is 13.0 Å². The first-order valence-corrected chi connectivity index (χ1v) is 5.92. The summed E-state index contributed by atoms with van der Waals surface area (Å²) in [6, 6.07) is 1.80. The Morgan fingerprint density at radius 2 is 2.05 bits per heavy atom. The van der Waals surface area contributed by atoms with Crippen LogP contribution in [0, 0.1) is 0 Å². The van der Waals surface area contributed by atoms with Crippen molar-refractivity contribution in [3.8, 4) is 11.3 Å². The molecule has 0 fully saturated rings. The van der Waals surface area contributed by atoms with Gasteiger partial charge in [0, 0.05) is 42.0 Å². The van der Waals surface area contributed by atoms with Crippen LogP contribution in [0.4, 0.5) is 0 Å². The van der Waals surface area contributed by atoms with E-state index in [0.29, 0.717) is 6.42 Å². The second-order valence-electron chi connectivity index (χ2n) is 4.17. The molecule has 0 aliphatic heterocycles. The summed E-state index contributed by atoms with van der Waals surface area (Å²) in [5.41, 5.74) is 4.44. The predicted molar refractivity (Wildman–Crippen MR) is 69.1 cm³/mol. The summed E-state index contributed by atoms with van der Waals surface area (Å²) in [5, 5.41) is 9.38. The molecule has 3 N–H and O–H groups in total. The SMILES string of the molecule is OCc1ccncc1-c1nc[nH]c1Cc1cnc[nH]1. The Kier molecular flexibility index (Phi) is 3.07. The maximum absolute atomic E-state index is 9.38. The van der Waals surface area contributed by atoms with Crippen LogP contribution < -0.4 is 0 Å². The summed E-state index contributed by atoms with van der Waals surface area (Å²) < 4.78 is 0. The number of nitrogens with zero attached hydrogens (tertiary/aromatic N) is 3. The third-order valence-corrected chi connectivity index (χ3v) is 2.98. The molecule has 3 aromatic heterocycles. The Labute approximate surface area is 109 Å². The van der Waals surface area contributed by atoms with Crippen LogP contribution in [0.5, 0.6) is 0 Å². The Morgan fingerprint density at radius 1 is 1.11 bits per heavy atom. The number of aromatic nitrogens is 5. The molecule has 19 heavy (non-hydrogen) atoms. The van der Waals surface area contributed by atoms with E-state index in [9.17, 15) is 5.11 Å². The lowest BCUT2D eigenvalue weighted by Gasteiger charge is -2.06. The number of hydrogen-bond acceptors (Lipinski definition) is 4. The zero-order valence-electron chi connectivity index (χ0n) is 10.2. The van der Waals surface area contributed by atoms with Crippen LogP contribution in [0.25, 0.3) is 11.3 Å². The lowest BCUT2D eigenvalue weighted by atomic mass is 10.0. The van der Waals surface area contributed by atoms with Crippen LogP contribution in [0.1, 0.15) is 17.0 Å². The van der Waals surface area contributed by atoms with E-state index in [1.54, 1.807) is 37.3 Å². The molecule has 3 heterocycles. The molecule has 96 valence electrons. The highest BCUT2D eigenvalue weighted by atomic mass is 16.3. The summed E-state index contributed by atoms with van der Waals surface area (Å²) in [6.07, 6.45) is 9.13. The highest BCUT2D eigenvalue weighted by Crippen LogP contribution is 2.24. The van der Waals surface area contributed by atoms with Crippen molar-refractivity contribution < 1.29 is 5.11 Å². The number of aliphatic hydroxyl groups excluding tert-OH is 1. The molecular weight excluding hydrogens is 242 g/mol. The fourth-order valence-electron chi connectivity index (χ4n) is 2.03. The fourth-order valence-corrected chi connectivity index (χ4v) is 2.03. The van der Waals surface area contributed by atoms with Crippen molar-refractivity contribution in [2.24, 2.45) is 0 Å². The number of rotatable bonds is 4. The van der Waals surface area contributed by atoms with Gasteiger partial charge in [0.05, 0.1) is 25.0 Å². The van der Waals surface area contributed by atoms with Crippen LogP contribution in [-0.4, -0.2) is 30.0 Å². The van der Waals surface area contributed by atoms with E-state index in [-0.39, 0.29) is 6.61 Å². The lowest BCUT2D eigenvalue weighted by Crippen LogP contribution is -1.96.